The lowest BCUT2D eigenvalue weighted by Crippen LogP contribution is -2.53. The van der Waals surface area contributed by atoms with Crippen LogP contribution in [0.1, 0.15) is 33.4 Å². The molecule has 2 amide bonds. The quantitative estimate of drug-likeness (QED) is 0.805. The summed E-state index contributed by atoms with van der Waals surface area (Å²) in [4.78, 5) is 40.8. The number of nitrogens with one attached hydrogen (secondary N) is 1. The van der Waals surface area contributed by atoms with E-state index in [1.807, 2.05) is 12.1 Å². The summed E-state index contributed by atoms with van der Waals surface area (Å²) in [6.07, 6.45) is 2.25. The standard InChI is InChI=1S/C16H21N3O4S/c1-23-15(21)10-18-7-8-19(9-14(18)20)16(22)13-5-4-12(24-13)11-3-2-6-17-11/h4-5,11,17H,2-3,6-10H2,1H3/t11-/m0/s1. The highest BCUT2D eigenvalue weighted by Gasteiger charge is 2.30. The Morgan fingerprint density at radius 2 is 2.21 bits per heavy atom. The number of rotatable bonds is 4. The second kappa shape index (κ2) is 7.31. The third kappa shape index (κ3) is 3.59. The van der Waals surface area contributed by atoms with Crippen molar-refractivity contribution in [3.63, 3.8) is 0 Å². The molecule has 1 aromatic rings. The van der Waals surface area contributed by atoms with Gasteiger partial charge in [-0.2, -0.15) is 0 Å². The van der Waals surface area contributed by atoms with Crippen LogP contribution < -0.4 is 5.32 Å². The van der Waals surface area contributed by atoms with Crippen molar-refractivity contribution in [3.05, 3.63) is 21.9 Å². The Kier molecular flexibility index (Phi) is 5.15. The number of carbonyl (C=O) groups excluding carboxylic acids is 3. The van der Waals surface area contributed by atoms with E-state index in [0.717, 1.165) is 19.4 Å². The van der Waals surface area contributed by atoms with Crippen LogP contribution in [0.3, 0.4) is 0 Å². The van der Waals surface area contributed by atoms with Gasteiger partial charge in [-0.1, -0.05) is 0 Å². The monoisotopic (exact) mass is 351 g/mol. The van der Waals surface area contributed by atoms with Crippen LogP contribution in [0.4, 0.5) is 0 Å². The second-order valence-electron chi connectivity index (χ2n) is 5.97. The van der Waals surface area contributed by atoms with Crippen LogP contribution in [0, 0.1) is 0 Å². The Balaban J connectivity index is 1.60. The minimum absolute atomic E-state index is 0.00470. The van der Waals surface area contributed by atoms with Gasteiger partial charge in [0.25, 0.3) is 5.91 Å². The van der Waals surface area contributed by atoms with Crippen LogP contribution in [0.25, 0.3) is 0 Å². The smallest absolute Gasteiger partial charge is 0.325 e. The van der Waals surface area contributed by atoms with E-state index in [1.165, 1.54) is 28.2 Å². The van der Waals surface area contributed by atoms with Gasteiger partial charge in [-0.25, -0.2) is 0 Å². The van der Waals surface area contributed by atoms with E-state index < -0.39 is 5.97 Å². The largest absolute Gasteiger partial charge is 0.468 e. The number of carbonyl (C=O) groups is 3. The van der Waals surface area contributed by atoms with Gasteiger partial charge in [0.1, 0.15) is 13.1 Å². The molecular formula is C16H21N3O4S. The van der Waals surface area contributed by atoms with Crippen molar-refractivity contribution in [1.29, 1.82) is 0 Å². The van der Waals surface area contributed by atoms with Crippen LogP contribution in [-0.4, -0.2) is 67.4 Å². The molecular weight excluding hydrogens is 330 g/mol. The first kappa shape index (κ1) is 16.9. The fourth-order valence-electron chi connectivity index (χ4n) is 3.01. The van der Waals surface area contributed by atoms with E-state index >= 15 is 0 Å². The second-order valence-corrected chi connectivity index (χ2v) is 7.08. The summed E-state index contributed by atoms with van der Waals surface area (Å²) in [5, 5.41) is 3.42. The fraction of sp³-hybridized carbons (Fsp3) is 0.562. The van der Waals surface area contributed by atoms with Crippen molar-refractivity contribution in [2.24, 2.45) is 0 Å². The van der Waals surface area contributed by atoms with Gasteiger partial charge in [0, 0.05) is 24.0 Å². The molecule has 1 atom stereocenters. The van der Waals surface area contributed by atoms with Crippen LogP contribution in [-0.2, 0) is 14.3 Å². The van der Waals surface area contributed by atoms with E-state index in [4.69, 9.17) is 0 Å². The lowest BCUT2D eigenvalue weighted by molar-refractivity contribution is -0.148. The molecule has 3 rings (SSSR count). The number of amides is 2. The number of esters is 1. The summed E-state index contributed by atoms with van der Waals surface area (Å²) < 4.78 is 4.58. The zero-order valence-corrected chi connectivity index (χ0v) is 14.4. The normalized spacial score (nSPS) is 21.2. The zero-order valence-electron chi connectivity index (χ0n) is 13.6. The molecule has 24 heavy (non-hydrogen) atoms. The van der Waals surface area contributed by atoms with Gasteiger partial charge in [-0.05, 0) is 31.5 Å². The van der Waals surface area contributed by atoms with Crippen molar-refractivity contribution in [2.45, 2.75) is 18.9 Å². The molecule has 3 heterocycles. The molecule has 0 radical (unpaired) electrons. The number of hydrogen-bond donors (Lipinski definition) is 1. The lowest BCUT2D eigenvalue weighted by Gasteiger charge is -2.33. The minimum atomic E-state index is -0.449. The molecule has 8 heteroatoms. The maximum Gasteiger partial charge on any atom is 0.325 e. The molecule has 0 saturated carbocycles. The summed E-state index contributed by atoms with van der Waals surface area (Å²) in [6, 6.07) is 4.18. The highest BCUT2D eigenvalue weighted by molar-refractivity contribution is 7.14. The van der Waals surface area contributed by atoms with Gasteiger partial charge in [-0.15, -0.1) is 11.3 Å². The summed E-state index contributed by atoms with van der Waals surface area (Å²) in [6.45, 7) is 1.74. The Hall–Kier alpha value is -1.93. The summed E-state index contributed by atoms with van der Waals surface area (Å²) in [5.41, 5.74) is 0. The lowest BCUT2D eigenvalue weighted by atomic mass is 10.2. The molecule has 7 nitrogen and oxygen atoms in total. The van der Waals surface area contributed by atoms with Crippen LogP contribution in [0.2, 0.25) is 0 Å². The molecule has 0 bridgehead atoms. The van der Waals surface area contributed by atoms with Crippen molar-refractivity contribution >= 4 is 29.1 Å². The molecule has 0 aliphatic carbocycles. The van der Waals surface area contributed by atoms with E-state index in [-0.39, 0.29) is 24.9 Å². The molecule has 1 N–H and O–H groups in total. The molecule has 2 fully saturated rings. The van der Waals surface area contributed by atoms with Gasteiger partial charge in [-0.3, -0.25) is 14.4 Å². The van der Waals surface area contributed by atoms with Gasteiger partial charge < -0.3 is 19.9 Å². The van der Waals surface area contributed by atoms with E-state index in [9.17, 15) is 14.4 Å². The Morgan fingerprint density at radius 1 is 1.38 bits per heavy atom. The number of piperazine rings is 1. The SMILES string of the molecule is COC(=O)CN1CCN(C(=O)c2ccc([C@@H]3CCCN3)s2)CC1=O. The molecule has 1 aromatic heterocycles. The first-order valence-electron chi connectivity index (χ1n) is 8.05. The number of thiophene rings is 1. The van der Waals surface area contributed by atoms with E-state index in [2.05, 4.69) is 10.1 Å². The number of methoxy groups -OCH3 is 1. The molecule has 130 valence electrons. The zero-order chi connectivity index (χ0) is 17.1. The van der Waals surface area contributed by atoms with E-state index in [0.29, 0.717) is 24.0 Å². The molecule has 2 saturated heterocycles. The van der Waals surface area contributed by atoms with Crippen molar-refractivity contribution < 1.29 is 19.1 Å². The summed E-state index contributed by atoms with van der Waals surface area (Å²) >= 11 is 1.50. The highest BCUT2D eigenvalue weighted by atomic mass is 32.1. The summed E-state index contributed by atoms with van der Waals surface area (Å²) in [5.74, 6) is -0.792. The first-order chi connectivity index (χ1) is 11.6. The average Bonchev–Trinajstić information content (AvgIpc) is 3.26. The maximum absolute atomic E-state index is 12.6. The Bertz CT molecular complexity index is 639. The van der Waals surface area contributed by atoms with Crippen LogP contribution >= 0.6 is 11.3 Å². The topological polar surface area (TPSA) is 79.0 Å². The predicted molar refractivity (Wildman–Crippen MR) is 88.8 cm³/mol. The third-order valence-corrected chi connectivity index (χ3v) is 5.58. The first-order valence-corrected chi connectivity index (χ1v) is 8.87. The molecule has 0 aromatic carbocycles. The van der Waals surface area contributed by atoms with Crippen molar-refractivity contribution in [3.8, 4) is 0 Å². The number of ether oxygens (including phenoxy) is 1. The van der Waals surface area contributed by atoms with Gasteiger partial charge in [0.05, 0.1) is 12.0 Å². The Morgan fingerprint density at radius 3 is 2.88 bits per heavy atom. The van der Waals surface area contributed by atoms with Crippen molar-refractivity contribution in [1.82, 2.24) is 15.1 Å². The van der Waals surface area contributed by atoms with Gasteiger partial charge in [0.2, 0.25) is 5.91 Å². The fourth-order valence-corrected chi connectivity index (χ4v) is 4.09. The third-order valence-electron chi connectivity index (χ3n) is 4.39. The maximum atomic E-state index is 12.6. The van der Waals surface area contributed by atoms with E-state index in [1.54, 1.807) is 4.90 Å². The highest BCUT2D eigenvalue weighted by Crippen LogP contribution is 2.30. The predicted octanol–water partition coefficient (Wildman–Crippen LogP) is 0.630. The van der Waals surface area contributed by atoms with Gasteiger partial charge >= 0.3 is 5.97 Å². The number of nitrogens with zero attached hydrogens (tertiary/aromatic N) is 2. The molecule has 2 aliphatic rings. The summed E-state index contributed by atoms with van der Waals surface area (Å²) in [7, 11) is 1.29. The molecule has 2 aliphatic heterocycles. The van der Waals surface area contributed by atoms with Crippen LogP contribution in [0.15, 0.2) is 12.1 Å². The average molecular weight is 351 g/mol. The number of hydrogen-bond acceptors (Lipinski definition) is 6. The van der Waals surface area contributed by atoms with Crippen molar-refractivity contribution in [2.75, 3.05) is 39.8 Å². The minimum Gasteiger partial charge on any atom is -0.468 e. The molecule has 0 spiro atoms. The Labute approximate surface area is 144 Å². The molecule has 0 unspecified atom stereocenters. The van der Waals surface area contributed by atoms with Crippen LogP contribution in [0.5, 0.6) is 0 Å². The van der Waals surface area contributed by atoms with Gasteiger partial charge in [0.15, 0.2) is 0 Å².